The number of amides is 3. The summed E-state index contributed by atoms with van der Waals surface area (Å²) in [5.41, 5.74) is 7.14. The lowest BCUT2D eigenvalue weighted by Gasteiger charge is -2.24. The molecule has 0 radical (unpaired) electrons. The first-order valence-electron chi connectivity index (χ1n) is 21.7. The quantitative estimate of drug-likeness (QED) is 0.0360. The third-order valence-corrected chi connectivity index (χ3v) is 11.2. The first kappa shape index (κ1) is 46.5. The molecular formula is C53H57N3O8. The van der Waals surface area contributed by atoms with Crippen LogP contribution in [0.4, 0.5) is 4.79 Å². The van der Waals surface area contributed by atoms with Crippen LogP contribution in [0.15, 0.2) is 159 Å². The van der Waals surface area contributed by atoms with E-state index in [2.05, 4.69) is 41.2 Å². The fourth-order valence-electron chi connectivity index (χ4n) is 7.87. The fourth-order valence-corrected chi connectivity index (χ4v) is 7.87. The Kier molecular flexibility index (Phi) is 17.5. The Morgan fingerprint density at radius 1 is 0.656 bits per heavy atom. The maximum Gasteiger partial charge on any atom is 0.407 e. The molecule has 4 N–H and O–H groups in total. The fraction of sp³-hybridized carbons (Fsp3) is 0.283. The van der Waals surface area contributed by atoms with Crippen molar-refractivity contribution < 1.29 is 38.5 Å². The minimum atomic E-state index is -1.06. The number of aliphatic hydroxyl groups excluding tert-OH is 1. The standard InChI is InChI=1S/C53H57N3O8/c1-3-5-25-49(56-53(61)64-36-48-46-23-14-12-21-44(46)45-22-13-15-24-47(45)48)52(60)63-35-42(31-38-26-28-43(29-27-38)62-34-39-19-10-7-11-20-39)55-51(59)40(16-4-2)32-50(58)54-41(33-57)30-37-17-8-6-9-18-37/h3-4,6-15,17-24,26-29,40-42,48-49,57H,1-2,5,16,25,30-36H2,(H,54,58)(H,55,59)(H,56,61)/t40-,41+,42+,49+/m1/s1. The normalized spacial score (nSPS) is 13.5. The number of ether oxygens (including phenoxy) is 3. The summed E-state index contributed by atoms with van der Waals surface area (Å²) in [4.78, 5) is 54.3. The Labute approximate surface area is 375 Å². The molecule has 0 aliphatic heterocycles. The molecule has 0 heterocycles. The summed E-state index contributed by atoms with van der Waals surface area (Å²) in [6, 6.07) is 40.5. The Hall–Kier alpha value is -6.98. The van der Waals surface area contributed by atoms with Gasteiger partial charge in [0, 0.05) is 12.3 Å². The molecule has 6 rings (SSSR count). The molecule has 0 bridgehead atoms. The lowest BCUT2D eigenvalue weighted by molar-refractivity contribution is -0.147. The molecule has 0 unspecified atom stereocenters. The minimum Gasteiger partial charge on any atom is -0.489 e. The predicted octanol–water partition coefficient (Wildman–Crippen LogP) is 8.01. The van der Waals surface area contributed by atoms with E-state index in [1.54, 1.807) is 12.2 Å². The van der Waals surface area contributed by atoms with Gasteiger partial charge >= 0.3 is 12.1 Å². The second-order valence-electron chi connectivity index (χ2n) is 15.9. The second kappa shape index (κ2) is 24.0. The molecule has 0 spiro atoms. The number of esters is 1. The van der Waals surface area contributed by atoms with Gasteiger partial charge in [-0.2, -0.15) is 0 Å². The summed E-state index contributed by atoms with van der Waals surface area (Å²) in [6.45, 7) is 7.56. The van der Waals surface area contributed by atoms with Crippen LogP contribution in [0.2, 0.25) is 0 Å². The maximum atomic E-state index is 14.0. The maximum absolute atomic E-state index is 14.0. The van der Waals surface area contributed by atoms with Crippen molar-refractivity contribution in [1.82, 2.24) is 16.0 Å². The van der Waals surface area contributed by atoms with Gasteiger partial charge in [0.25, 0.3) is 0 Å². The number of nitrogens with one attached hydrogen (secondary N) is 3. The summed E-state index contributed by atoms with van der Waals surface area (Å²) in [7, 11) is 0. The second-order valence-corrected chi connectivity index (χ2v) is 15.9. The van der Waals surface area contributed by atoms with Crippen LogP contribution >= 0.6 is 0 Å². The van der Waals surface area contributed by atoms with Gasteiger partial charge < -0.3 is 35.3 Å². The highest BCUT2D eigenvalue weighted by Crippen LogP contribution is 2.44. The zero-order valence-corrected chi connectivity index (χ0v) is 36.0. The van der Waals surface area contributed by atoms with Gasteiger partial charge in [-0.1, -0.05) is 133 Å². The van der Waals surface area contributed by atoms with E-state index in [1.807, 2.05) is 121 Å². The molecular weight excluding hydrogens is 807 g/mol. The van der Waals surface area contributed by atoms with Gasteiger partial charge in [-0.05, 0) is 83.2 Å². The monoisotopic (exact) mass is 863 g/mol. The Balaban J connectivity index is 1.11. The topological polar surface area (TPSA) is 152 Å². The zero-order chi connectivity index (χ0) is 45.1. The van der Waals surface area contributed by atoms with Crippen LogP contribution in [0.3, 0.4) is 0 Å². The van der Waals surface area contributed by atoms with Crippen molar-refractivity contribution in [3.05, 3.63) is 187 Å². The molecule has 3 amide bonds. The summed E-state index contributed by atoms with van der Waals surface area (Å²) >= 11 is 0. The van der Waals surface area contributed by atoms with Crippen molar-refractivity contribution in [2.24, 2.45) is 5.92 Å². The molecule has 0 aromatic heterocycles. The molecule has 332 valence electrons. The highest BCUT2D eigenvalue weighted by Gasteiger charge is 2.31. The highest BCUT2D eigenvalue weighted by molar-refractivity contribution is 5.86. The molecule has 5 aromatic rings. The molecule has 0 fully saturated rings. The van der Waals surface area contributed by atoms with Crippen LogP contribution < -0.4 is 20.7 Å². The van der Waals surface area contributed by atoms with E-state index in [0.717, 1.165) is 38.9 Å². The van der Waals surface area contributed by atoms with Crippen LogP contribution in [-0.4, -0.2) is 66.9 Å². The molecule has 0 saturated carbocycles. The Bertz CT molecular complexity index is 2270. The number of hydrogen-bond acceptors (Lipinski definition) is 8. The lowest BCUT2D eigenvalue weighted by atomic mass is 9.97. The molecule has 1 aliphatic carbocycles. The van der Waals surface area contributed by atoms with Crippen molar-refractivity contribution in [2.45, 2.75) is 69.2 Å². The number of benzene rings is 5. The third kappa shape index (κ3) is 13.5. The first-order valence-corrected chi connectivity index (χ1v) is 21.7. The van der Waals surface area contributed by atoms with E-state index < -0.39 is 47.9 Å². The molecule has 11 nitrogen and oxygen atoms in total. The van der Waals surface area contributed by atoms with Gasteiger partial charge in [-0.3, -0.25) is 9.59 Å². The Morgan fingerprint density at radius 2 is 1.25 bits per heavy atom. The molecule has 4 atom stereocenters. The summed E-state index contributed by atoms with van der Waals surface area (Å²) in [5.74, 6) is -1.81. The number of carbonyl (C=O) groups excluding carboxylic acids is 4. The van der Waals surface area contributed by atoms with Gasteiger partial charge in [-0.25, -0.2) is 9.59 Å². The van der Waals surface area contributed by atoms with Crippen LogP contribution in [0, 0.1) is 5.92 Å². The van der Waals surface area contributed by atoms with Crippen molar-refractivity contribution in [3.8, 4) is 16.9 Å². The number of alkyl carbamates (subject to hydrolysis) is 1. The average Bonchev–Trinajstić information content (AvgIpc) is 3.64. The highest BCUT2D eigenvalue weighted by atomic mass is 16.6. The summed E-state index contributed by atoms with van der Waals surface area (Å²) in [5, 5.41) is 18.6. The van der Waals surface area contributed by atoms with Crippen LogP contribution in [0.5, 0.6) is 5.75 Å². The van der Waals surface area contributed by atoms with Crippen molar-refractivity contribution in [3.63, 3.8) is 0 Å². The lowest BCUT2D eigenvalue weighted by Crippen LogP contribution is -2.47. The molecule has 11 heteroatoms. The van der Waals surface area contributed by atoms with Gasteiger partial charge in [0.2, 0.25) is 11.8 Å². The van der Waals surface area contributed by atoms with Crippen molar-refractivity contribution >= 4 is 23.9 Å². The van der Waals surface area contributed by atoms with E-state index in [1.165, 1.54) is 0 Å². The predicted molar refractivity (Wildman–Crippen MR) is 247 cm³/mol. The van der Waals surface area contributed by atoms with Crippen molar-refractivity contribution in [2.75, 3.05) is 19.8 Å². The number of aliphatic hydroxyl groups is 1. The largest absolute Gasteiger partial charge is 0.489 e. The number of carbonyl (C=O) groups is 4. The number of rotatable bonds is 24. The first-order chi connectivity index (χ1) is 31.2. The van der Waals surface area contributed by atoms with Gasteiger partial charge in [0.15, 0.2) is 0 Å². The van der Waals surface area contributed by atoms with Crippen LogP contribution in [0.1, 0.15) is 59.4 Å². The minimum absolute atomic E-state index is 0.0743. The van der Waals surface area contributed by atoms with E-state index in [9.17, 15) is 24.3 Å². The zero-order valence-electron chi connectivity index (χ0n) is 36.0. The van der Waals surface area contributed by atoms with Gasteiger partial charge in [-0.15, -0.1) is 13.2 Å². The number of fused-ring (bicyclic) bond motifs is 3. The molecule has 1 aliphatic rings. The smallest absolute Gasteiger partial charge is 0.407 e. The Morgan fingerprint density at radius 3 is 1.88 bits per heavy atom. The van der Waals surface area contributed by atoms with E-state index in [0.29, 0.717) is 25.2 Å². The molecule has 64 heavy (non-hydrogen) atoms. The molecule has 5 aromatic carbocycles. The number of allylic oxidation sites excluding steroid dienone is 2. The SMILES string of the molecule is C=CCC[C@H](NC(=O)OCC1c2ccccc2-c2ccccc21)C(=O)OC[C@H](Cc1ccc(OCc2ccccc2)cc1)NC(=O)[C@H](CC=C)CC(=O)N[C@H](CO)Cc1ccccc1. The van der Waals surface area contributed by atoms with E-state index >= 15 is 0 Å². The third-order valence-electron chi connectivity index (χ3n) is 11.2. The summed E-state index contributed by atoms with van der Waals surface area (Å²) in [6.07, 6.45) is 3.83. The average molecular weight is 864 g/mol. The van der Waals surface area contributed by atoms with Crippen LogP contribution in [0.25, 0.3) is 11.1 Å². The molecule has 0 saturated heterocycles. The van der Waals surface area contributed by atoms with Gasteiger partial charge in [0.1, 0.15) is 31.6 Å². The van der Waals surface area contributed by atoms with Crippen LogP contribution in [-0.2, 0) is 43.3 Å². The van der Waals surface area contributed by atoms with E-state index in [4.69, 9.17) is 14.2 Å². The van der Waals surface area contributed by atoms with E-state index in [-0.39, 0.29) is 51.4 Å². The summed E-state index contributed by atoms with van der Waals surface area (Å²) < 4.78 is 17.6. The van der Waals surface area contributed by atoms with Crippen molar-refractivity contribution in [1.29, 1.82) is 0 Å². The number of hydrogen-bond donors (Lipinski definition) is 4. The van der Waals surface area contributed by atoms with Gasteiger partial charge in [0.05, 0.1) is 24.6 Å².